The van der Waals surface area contributed by atoms with Gasteiger partial charge in [-0.25, -0.2) is 0 Å². The molecule has 8 nitrogen and oxygen atoms in total. The molecule has 0 bridgehead atoms. The van der Waals surface area contributed by atoms with Crippen LogP contribution in [0.15, 0.2) is 41.0 Å². The quantitative estimate of drug-likeness (QED) is 0.574. The summed E-state index contributed by atoms with van der Waals surface area (Å²) in [4.78, 5) is 36.8. The molecule has 0 aliphatic rings. The zero-order chi connectivity index (χ0) is 20.1. The number of non-ortho nitro benzene ring substituents is 1. The summed E-state index contributed by atoms with van der Waals surface area (Å²) in [5.41, 5.74) is 0.336. The van der Waals surface area contributed by atoms with Crippen LogP contribution in [0.4, 0.5) is 5.69 Å². The molecule has 27 heavy (non-hydrogen) atoms. The van der Waals surface area contributed by atoms with Gasteiger partial charge < -0.3 is 14.6 Å². The topological polar surface area (TPSA) is 106 Å². The summed E-state index contributed by atoms with van der Waals surface area (Å²) < 4.78 is 5.04. The van der Waals surface area contributed by atoms with E-state index in [2.05, 4.69) is 5.32 Å². The zero-order valence-corrected chi connectivity index (χ0v) is 15.9. The highest BCUT2D eigenvalue weighted by Crippen LogP contribution is 2.23. The molecule has 2 aromatic rings. The highest BCUT2D eigenvalue weighted by molar-refractivity contribution is 6.31. The fourth-order valence-electron chi connectivity index (χ4n) is 2.50. The third kappa shape index (κ3) is 5.07. The van der Waals surface area contributed by atoms with Gasteiger partial charge in [0, 0.05) is 30.7 Å². The van der Waals surface area contributed by atoms with E-state index in [0.29, 0.717) is 10.6 Å². The third-order valence-corrected chi connectivity index (χ3v) is 4.36. The molecule has 0 radical (unpaired) electrons. The summed E-state index contributed by atoms with van der Waals surface area (Å²) in [6.07, 6.45) is 1.37. The molecule has 144 valence electrons. The Balaban J connectivity index is 2.14. The lowest BCUT2D eigenvalue weighted by atomic mass is 10.0. The molecule has 0 spiro atoms. The number of nitrogens with zero attached hydrogens (tertiary/aromatic N) is 2. The molecule has 0 aliphatic heterocycles. The number of nitro groups is 1. The van der Waals surface area contributed by atoms with Crippen molar-refractivity contribution >= 4 is 29.1 Å². The number of hydrogen-bond donors (Lipinski definition) is 1. The van der Waals surface area contributed by atoms with Gasteiger partial charge in [-0.05, 0) is 29.7 Å². The predicted molar refractivity (Wildman–Crippen MR) is 99.4 cm³/mol. The molecule has 0 saturated heterocycles. The molecule has 1 unspecified atom stereocenters. The fourth-order valence-corrected chi connectivity index (χ4v) is 2.68. The molecule has 1 N–H and O–H groups in total. The van der Waals surface area contributed by atoms with Gasteiger partial charge in [-0.2, -0.15) is 0 Å². The molecule has 2 rings (SSSR count). The van der Waals surface area contributed by atoms with E-state index in [4.69, 9.17) is 16.0 Å². The molecule has 1 heterocycles. The monoisotopic (exact) mass is 393 g/mol. The van der Waals surface area contributed by atoms with Crippen molar-refractivity contribution in [3.05, 3.63) is 63.1 Å². The third-order valence-electron chi connectivity index (χ3n) is 3.99. The standard InChI is InChI=1S/C18H20ClN3O5/c1-11(2)16(20-17(23)15-5-4-8-27-15)18(24)21(3)10-12-9-13(22(25)26)6-7-14(12)19/h4-9,11,16H,10H2,1-3H3,(H,20,23). The SMILES string of the molecule is CC(C)C(NC(=O)c1ccco1)C(=O)N(C)Cc1cc([N+](=O)[O-])ccc1Cl. The molecule has 0 aliphatic carbocycles. The Bertz CT molecular complexity index is 836. The molecule has 1 atom stereocenters. The summed E-state index contributed by atoms with van der Waals surface area (Å²) in [6.45, 7) is 3.68. The van der Waals surface area contributed by atoms with Crippen molar-refractivity contribution in [1.29, 1.82) is 0 Å². The minimum atomic E-state index is -0.787. The van der Waals surface area contributed by atoms with E-state index in [0.717, 1.165) is 0 Å². The number of benzene rings is 1. The van der Waals surface area contributed by atoms with E-state index in [9.17, 15) is 19.7 Å². The Labute approximate surface area is 161 Å². The lowest BCUT2D eigenvalue weighted by Crippen LogP contribution is -2.50. The second-order valence-electron chi connectivity index (χ2n) is 6.40. The normalized spacial score (nSPS) is 11.9. The Morgan fingerprint density at radius 3 is 2.59 bits per heavy atom. The van der Waals surface area contributed by atoms with Crippen molar-refractivity contribution in [2.24, 2.45) is 5.92 Å². The lowest BCUT2D eigenvalue weighted by Gasteiger charge is -2.27. The van der Waals surface area contributed by atoms with Gasteiger partial charge >= 0.3 is 0 Å². The number of carbonyl (C=O) groups is 2. The highest BCUT2D eigenvalue weighted by Gasteiger charge is 2.28. The van der Waals surface area contributed by atoms with Crippen LogP contribution in [0, 0.1) is 16.0 Å². The van der Waals surface area contributed by atoms with Gasteiger partial charge in [0.1, 0.15) is 6.04 Å². The summed E-state index contributed by atoms with van der Waals surface area (Å²) in [5, 5.41) is 13.9. The van der Waals surface area contributed by atoms with Gasteiger partial charge in [0.25, 0.3) is 11.6 Å². The number of nitrogens with one attached hydrogen (secondary N) is 1. The molecular weight excluding hydrogens is 374 g/mol. The van der Waals surface area contributed by atoms with Gasteiger partial charge in [-0.3, -0.25) is 19.7 Å². The number of furan rings is 1. The van der Waals surface area contributed by atoms with Crippen LogP contribution in [0.3, 0.4) is 0 Å². The van der Waals surface area contributed by atoms with Crippen LogP contribution in [-0.4, -0.2) is 34.7 Å². The second-order valence-corrected chi connectivity index (χ2v) is 6.81. The summed E-state index contributed by atoms with van der Waals surface area (Å²) >= 11 is 6.10. The van der Waals surface area contributed by atoms with Crippen molar-refractivity contribution in [3.63, 3.8) is 0 Å². The van der Waals surface area contributed by atoms with E-state index in [-0.39, 0.29) is 29.8 Å². The number of carbonyl (C=O) groups excluding carboxylic acids is 2. The molecule has 0 saturated carbocycles. The number of hydrogen-bond acceptors (Lipinski definition) is 5. The second kappa shape index (κ2) is 8.68. The van der Waals surface area contributed by atoms with Crippen molar-refractivity contribution in [3.8, 4) is 0 Å². The first-order valence-electron chi connectivity index (χ1n) is 8.23. The van der Waals surface area contributed by atoms with E-state index < -0.39 is 16.9 Å². The lowest BCUT2D eigenvalue weighted by molar-refractivity contribution is -0.384. The first-order chi connectivity index (χ1) is 12.7. The molecular formula is C18H20ClN3O5. The average Bonchev–Trinajstić information content (AvgIpc) is 3.15. The van der Waals surface area contributed by atoms with Gasteiger partial charge in [0.05, 0.1) is 11.2 Å². The van der Waals surface area contributed by atoms with E-state index >= 15 is 0 Å². The smallest absolute Gasteiger partial charge is 0.287 e. The van der Waals surface area contributed by atoms with Crippen LogP contribution < -0.4 is 5.32 Å². The first-order valence-corrected chi connectivity index (χ1v) is 8.60. The maximum Gasteiger partial charge on any atom is 0.287 e. The Morgan fingerprint density at radius 2 is 2.04 bits per heavy atom. The maximum atomic E-state index is 12.8. The molecule has 0 fully saturated rings. The number of likely N-dealkylation sites (N-methyl/N-ethyl adjacent to an activating group) is 1. The zero-order valence-electron chi connectivity index (χ0n) is 15.1. The predicted octanol–water partition coefficient (Wildman–Crippen LogP) is 3.25. The van der Waals surface area contributed by atoms with Gasteiger partial charge in [0.2, 0.25) is 5.91 Å². The van der Waals surface area contributed by atoms with Crippen molar-refractivity contribution < 1.29 is 18.9 Å². The van der Waals surface area contributed by atoms with Crippen LogP contribution in [0.5, 0.6) is 0 Å². The maximum absolute atomic E-state index is 12.8. The van der Waals surface area contributed by atoms with Gasteiger partial charge in [-0.15, -0.1) is 0 Å². The van der Waals surface area contributed by atoms with Crippen LogP contribution in [-0.2, 0) is 11.3 Å². The molecule has 2 amide bonds. The van der Waals surface area contributed by atoms with Crippen LogP contribution in [0.2, 0.25) is 5.02 Å². The van der Waals surface area contributed by atoms with Crippen LogP contribution in [0.1, 0.15) is 30.0 Å². The largest absolute Gasteiger partial charge is 0.459 e. The van der Waals surface area contributed by atoms with Gasteiger partial charge in [0.15, 0.2) is 5.76 Å². The van der Waals surface area contributed by atoms with Gasteiger partial charge in [-0.1, -0.05) is 25.4 Å². The number of halogens is 1. The van der Waals surface area contributed by atoms with Crippen LogP contribution >= 0.6 is 11.6 Å². The van der Waals surface area contributed by atoms with Crippen LogP contribution in [0.25, 0.3) is 0 Å². The van der Waals surface area contributed by atoms with Crippen molar-refractivity contribution in [1.82, 2.24) is 10.2 Å². The van der Waals surface area contributed by atoms with E-state index in [1.807, 2.05) is 0 Å². The summed E-state index contributed by atoms with van der Waals surface area (Å²) in [6, 6.07) is 6.35. The summed E-state index contributed by atoms with van der Waals surface area (Å²) in [5.74, 6) is -0.904. The van der Waals surface area contributed by atoms with E-state index in [1.165, 1.54) is 35.4 Å². The Kier molecular flexibility index (Phi) is 6.57. The average molecular weight is 394 g/mol. The van der Waals surface area contributed by atoms with Crippen molar-refractivity contribution in [2.75, 3.05) is 7.05 Å². The minimum absolute atomic E-state index is 0.0686. The summed E-state index contributed by atoms with van der Waals surface area (Å²) in [7, 11) is 1.55. The Hall–Kier alpha value is -2.87. The highest BCUT2D eigenvalue weighted by atomic mass is 35.5. The minimum Gasteiger partial charge on any atom is -0.459 e. The number of nitro benzene ring substituents is 1. The first kappa shape index (κ1) is 20.4. The molecule has 9 heteroatoms. The molecule has 1 aromatic heterocycles. The fraction of sp³-hybridized carbons (Fsp3) is 0.333. The molecule has 1 aromatic carbocycles. The van der Waals surface area contributed by atoms with E-state index in [1.54, 1.807) is 27.0 Å². The number of rotatable bonds is 7. The Morgan fingerprint density at radius 1 is 1.33 bits per heavy atom. The number of amides is 2. The van der Waals surface area contributed by atoms with Crippen molar-refractivity contribution in [2.45, 2.75) is 26.4 Å².